The van der Waals surface area contributed by atoms with E-state index >= 15 is 0 Å². The Hall–Kier alpha value is -3.79. The SMILES string of the molecule is COCCCNC(=O)C(=O)N/N=C\c1ccc(OCC(=O)Nc2ccc(F)cc2)cc1. The molecule has 0 spiro atoms. The number of hydrogen-bond donors (Lipinski definition) is 3. The number of nitrogens with one attached hydrogen (secondary N) is 3. The molecule has 31 heavy (non-hydrogen) atoms. The summed E-state index contributed by atoms with van der Waals surface area (Å²) in [5.74, 6) is -1.98. The average molecular weight is 430 g/mol. The standard InChI is InChI=1S/C21H23FN4O5/c1-30-12-2-11-23-20(28)21(29)26-24-13-15-3-9-18(10-4-15)31-14-19(27)25-17-7-5-16(22)6-8-17/h3-10,13H,2,11-12,14H2,1H3,(H,23,28)(H,25,27)(H,26,29)/b24-13-. The van der Waals surface area contributed by atoms with E-state index < -0.39 is 17.6 Å². The maximum Gasteiger partial charge on any atom is 0.329 e. The maximum absolute atomic E-state index is 12.9. The zero-order valence-electron chi connectivity index (χ0n) is 16.9. The van der Waals surface area contributed by atoms with Gasteiger partial charge in [-0.15, -0.1) is 0 Å². The lowest BCUT2D eigenvalue weighted by Crippen LogP contribution is -2.38. The van der Waals surface area contributed by atoms with Crippen molar-refractivity contribution in [1.29, 1.82) is 0 Å². The number of hydrogen-bond acceptors (Lipinski definition) is 6. The van der Waals surface area contributed by atoms with Crippen molar-refractivity contribution in [2.45, 2.75) is 6.42 Å². The lowest BCUT2D eigenvalue weighted by molar-refractivity contribution is -0.139. The van der Waals surface area contributed by atoms with Gasteiger partial charge in [0.05, 0.1) is 6.21 Å². The van der Waals surface area contributed by atoms with Gasteiger partial charge in [-0.2, -0.15) is 5.10 Å². The minimum atomic E-state index is -0.874. The molecule has 0 bridgehead atoms. The number of anilines is 1. The second-order valence-corrected chi connectivity index (χ2v) is 6.21. The second kappa shape index (κ2) is 12.7. The van der Waals surface area contributed by atoms with E-state index in [4.69, 9.17) is 9.47 Å². The minimum Gasteiger partial charge on any atom is -0.484 e. The summed E-state index contributed by atoms with van der Waals surface area (Å²) in [6, 6.07) is 12.0. The van der Waals surface area contributed by atoms with Crippen LogP contribution in [0.1, 0.15) is 12.0 Å². The van der Waals surface area contributed by atoms with Crippen LogP contribution in [0.25, 0.3) is 0 Å². The number of ether oxygens (including phenoxy) is 2. The van der Waals surface area contributed by atoms with Gasteiger partial charge in [-0.25, -0.2) is 9.82 Å². The number of rotatable bonds is 10. The van der Waals surface area contributed by atoms with Gasteiger partial charge in [-0.05, 0) is 60.5 Å². The molecule has 0 aliphatic heterocycles. The molecule has 0 fully saturated rings. The lowest BCUT2D eigenvalue weighted by atomic mass is 10.2. The monoisotopic (exact) mass is 430 g/mol. The van der Waals surface area contributed by atoms with E-state index in [1.807, 2.05) is 0 Å². The van der Waals surface area contributed by atoms with Gasteiger partial charge in [-0.1, -0.05) is 0 Å². The van der Waals surface area contributed by atoms with Crippen molar-refractivity contribution in [1.82, 2.24) is 10.7 Å². The molecule has 3 amide bonds. The summed E-state index contributed by atoms with van der Waals surface area (Å²) in [7, 11) is 1.55. The quantitative estimate of drug-likeness (QED) is 0.228. The van der Waals surface area contributed by atoms with Gasteiger partial charge in [0.15, 0.2) is 6.61 Å². The molecular weight excluding hydrogens is 407 g/mol. The third-order valence-corrected chi connectivity index (χ3v) is 3.77. The van der Waals surface area contributed by atoms with Crippen LogP contribution < -0.4 is 20.8 Å². The van der Waals surface area contributed by atoms with Gasteiger partial charge in [-0.3, -0.25) is 14.4 Å². The van der Waals surface area contributed by atoms with Crippen LogP contribution in [0.3, 0.4) is 0 Å². The predicted molar refractivity (Wildman–Crippen MR) is 112 cm³/mol. The molecule has 9 nitrogen and oxygen atoms in total. The van der Waals surface area contributed by atoms with Crippen molar-refractivity contribution in [2.75, 3.05) is 32.2 Å². The topological polar surface area (TPSA) is 118 Å². The summed E-state index contributed by atoms with van der Waals surface area (Å²) < 4.78 is 23.1. The van der Waals surface area contributed by atoms with E-state index in [2.05, 4.69) is 21.2 Å². The molecule has 0 aromatic heterocycles. The van der Waals surface area contributed by atoms with Crippen LogP contribution in [0.2, 0.25) is 0 Å². The Balaban J connectivity index is 1.72. The molecule has 0 atom stereocenters. The minimum absolute atomic E-state index is 0.222. The Morgan fingerprint density at radius 2 is 1.74 bits per heavy atom. The zero-order chi connectivity index (χ0) is 22.5. The first kappa shape index (κ1) is 23.5. The fourth-order valence-corrected chi connectivity index (χ4v) is 2.24. The average Bonchev–Trinajstić information content (AvgIpc) is 2.77. The smallest absolute Gasteiger partial charge is 0.329 e. The molecule has 2 rings (SSSR count). The van der Waals surface area contributed by atoms with Crippen LogP contribution in [0.4, 0.5) is 10.1 Å². The first-order chi connectivity index (χ1) is 15.0. The summed E-state index contributed by atoms with van der Waals surface area (Å²) in [5.41, 5.74) is 3.24. The normalized spacial score (nSPS) is 10.5. The van der Waals surface area contributed by atoms with Crippen LogP contribution in [0, 0.1) is 5.82 Å². The van der Waals surface area contributed by atoms with E-state index in [1.165, 1.54) is 30.5 Å². The maximum atomic E-state index is 12.9. The van der Waals surface area contributed by atoms with E-state index in [-0.39, 0.29) is 12.5 Å². The molecule has 0 radical (unpaired) electrons. The second-order valence-electron chi connectivity index (χ2n) is 6.21. The van der Waals surface area contributed by atoms with Crippen LogP contribution in [0.15, 0.2) is 53.6 Å². The molecule has 0 saturated carbocycles. The van der Waals surface area contributed by atoms with Gasteiger partial charge < -0.3 is 20.1 Å². The lowest BCUT2D eigenvalue weighted by Gasteiger charge is -2.07. The van der Waals surface area contributed by atoms with Gasteiger partial charge >= 0.3 is 11.8 Å². The summed E-state index contributed by atoms with van der Waals surface area (Å²) in [6.45, 7) is 0.590. The fraction of sp³-hybridized carbons (Fsp3) is 0.238. The van der Waals surface area contributed by atoms with E-state index in [9.17, 15) is 18.8 Å². The van der Waals surface area contributed by atoms with Crippen molar-refractivity contribution in [2.24, 2.45) is 5.10 Å². The Morgan fingerprint density at radius 1 is 1.03 bits per heavy atom. The highest BCUT2D eigenvalue weighted by Crippen LogP contribution is 2.12. The summed E-state index contributed by atoms with van der Waals surface area (Å²) in [4.78, 5) is 35.0. The van der Waals surface area contributed by atoms with Crippen molar-refractivity contribution >= 4 is 29.6 Å². The highest BCUT2D eigenvalue weighted by molar-refractivity contribution is 6.35. The summed E-state index contributed by atoms with van der Waals surface area (Å²) >= 11 is 0. The Kier molecular flexibility index (Phi) is 9.63. The molecular formula is C21H23FN4O5. The number of benzene rings is 2. The Morgan fingerprint density at radius 3 is 2.42 bits per heavy atom. The van der Waals surface area contributed by atoms with Crippen LogP contribution in [0.5, 0.6) is 5.75 Å². The Labute approximate surface area is 178 Å². The zero-order valence-corrected chi connectivity index (χ0v) is 16.9. The highest BCUT2D eigenvalue weighted by atomic mass is 19.1. The summed E-state index contributed by atoms with van der Waals surface area (Å²) in [6.07, 6.45) is 1.96. The number of methoxy groups -OCH3 is 1. The molecule has 3 N–H and O–H groups in total. The molecule has 2 aromatic carbocycles. The molecule has 10 heteroatoms. The number of carbonyl (C=O) groups is 3. The first-order valence-corrected chi connectivity index (χ1v) is 9.36. The van der Waals surface area contributed by atoms with E-state index in [0.717, 1.165) is 0 Å². The number of nitrogens with zero attached hydrogens (tertiary/aromatic N) is 1. The van der Waals surface area contributed by atoms with Crippen molar-refractivity contribution in [3.05, 3.63) is 59.9 Å². The number of carbonyl (C=O) groups excluding carboxylic acids is 3. The largest absolute Gasteiger partial charge is 0.484 e. The number of amides is 3. The van der Waals surface area contributed by atoms with E-state index in [0.29, 0.717) is 36.6 Å². The number of hydrazone groups is 1. The van der Waals surface area contributed by atoms with Crippen molar-refractivity contribution in [3.63, 3.8) is 0 Å². The molecule has 2 aromatic rings. The molecule has 0 heterocycles. The van der Waals surface area contributed by atoms with Crippen molar-refractivity contribution in [3.8, 4) is 5.75 Å². The van der Waals surface area contributed by atoms with Crippen molar-refractivity contribution < 1.29 is 28.2 Å². The van der Waals surface area contributed by atoms with Gasteiger partial charge in [0.1, 0.15) is 11.6 Å². The fourth-order valence-electron chi connectivity index (χ4n) is 2.24. The first-order valence-electron chi connectivity index (χ1n) is 9.36. The molecule has 0 unspecified atom stereocenters. The van der Waals surface area contributed by atoms with Crippen LogP contribution >= 0.6 is 0 Å². The molecule has 0 saturated heterocycles. The Bertz CT molecular complexity index is 901. The van der Waals surface area contributed by atoms with Gasteiger partial charge in [0, 0.05) is 25.9 Å². The third-order valence-electron chi connectivity index (χ3n) is 3.77. The van der Waals surface area contributed by atoms with Crippen LogP contribution in [-0.4, -0.2) is 50.8 Å². The third kappa shape index (κ3) is 9.05. The van der Waals surface area contributed by atoms with E-state index in [1.54, 1.807) is 31.4 Å². The van der Waals surface area contributed by atoms with Crippen LogP contribution in [-0.2, 0) is 19.1 Å². The van der Waals surface area contributed by atoms with Gasteiger partial charge in [0.25, 0.3) is 5.91 Å². The van der Waals surface area contributed by atoms with Gasteiger partial charge in [0.2, 0.25) is 0 Å². The molecule has 0 aliphatic rings. The summed E-state index contributed by atoms with van der Waals surface area (Å²) in [5, 5.41) is 8.75. The predicted octanol–water partition coefficient (Wildman–Crippen LogP) is 1.45. The molecule has 164 valence electrons. The molecule has 0 aliphatic carbocycles. The highest BCUT2D eigenvalue weighted by Gasteiger charge is 2.11. The number of halogens is 1.